The van der Waals surface area contributed by atoms with E-state index >= 15 is 0 Å². The molecule has 1 aromatic rings. The third-order valence-corrected chi connectivity index (χ3v) is 3.61. The summed E-state index contributed by atoms with van der Waals surface area (Å²) in [6, 6.07) is 4.13. The van der Waals surface area contributed by atoms with Gasteiger partial charge in [0.05, 0.1) is 5.69 Å². The summed E-state index contributed by atoms with van der Waals surface area (Å²) >= 11 is 0. The van der Waals surface area contributed by atoms with Gasteiger partial charge in [-0.2, -0.15) is 0 Å². The lowest BCUT2D eigenvalue weighted by molar-refractivity contribution is 0.172. The molecule has 1 aromatic carbocycles. The van der Waals surface area contributed by atoms with Crippen LogP contribution in [0.25, 0.3) is 0 Å². The summed E-state index contributed by atoms with van der Waals surface area (Å²) in [6.07, 6.45) is 0.871. The maximum absolute atomic E-state index is 5.87. The largest absolute Gasteiger partial charge is 0.486 e. The quantitative estimate of drug-likeness (QED) is 0.825. The molecule has 2 aliphatic rings. The number of nitrogens with two attached hydrogens (primary N) is 1. The van der Waals surface area contributed by atoms with Gasteiger partial charge >= 0.3 is 0 Å². The van der Waals surface area contributed by atoms with Gasteiger partial charge in [0.2, 0.25) is 0 Å². The van der Waals surface area contributed by atoms with Gasteiger partial charge in [0.15, 0.2) is 11.5 Å². The summed E-state index contributed by atoms with van der Waals surface area (Å²) in [6.45, 7) is 5.91. The molecule has 0 spiro atoms. The molecule has 1 fully saturated rings. The Morgan fingerprint density at radius 2 is 1.95 bits per heavy atom. The highest BCUT2D eigenvalue weighted by Gasteiger charge is 2.24. The van der Waals surface area contributed by atoms with Crippen LogP contribution in [0.5, 0.6) is 11.5 Å². The molecule has 104 valence electrons. The Morgan fingerprint density at radius 1 is 1.16 bits per heavy atom. The predicted molar refractivity (Wildman–Crippen MR) is 75.3 cm³/mol. The van der Waals surface area contributed by atoms with Crippen molar-refractivity contribution in [3.05, 3.63) is 17.7 Å². The number of hydrogen-bond acceptors (Lipinski definition) is 5. The van der Waals surface area contributed by atoms with E-state index in [1.54, 1.807) is 0 Å². The molecule has 3 N–H and O–H groups in total. The Labute approximate surface area is 113 Å². The van der Waals surface area contributed by atoms with Crippen LogP contribution < -0.4 is 25.4 Å². The highest BCUT2D eigenvalue weighted by molar-refractivity contribution is 5.70. The van der Waals surface area contributed by atoms with E-state index in [1.807, 2.05) is 6.07 Å². The molecule has 19 heavy (non-hydrogen) atoms. The maximum atomic E-state index is 5.87. The minimum Gasteiger partial charge on any atom is -0.486 e. The minimum atomic E-state index is 0.623. The van der Waals surface area contributed by atoms with Gasteiger partial charge < -0.3 is 25.4 Å². The summed E-state index contributed by atoms with van der Waals surface area (Å²) in [5.74, 6) is 1.76. The lowest BCUT2D eigenvalue weighted by atomic mass is 10.1. The van der Waals surface area contributed by atoms with Crippen molar-refractivity contribution in [2.45, 2.75) is 6.42 Å². The van der Waals surface area contributed by atoms with Crippen LogP contribution in [-0.4, -0.2) is 45.9 Å². The Morgan fingerprint density at radius 3 is 2.74 bits per heavy atom. The number of rotatable bonds is 3. The van der Waals surface area contributed by atoms with Crippen molar-refractivity contribution in [3.8, 4) is 11.5 Å². The molecule has 2 heterocycles. The molecular weight excluding hydrogens is 242 g/mol. The summed E-state index contributed by atoms with van der Waals surface area (Å²) in [5.41, 5.74) is 8.17. The SMILES string of the molecule is NCCc1ccc2c(c1N1CCNCC1)OCCO2. The second-order valence-corrected chi connectivity index (χ2v) is 4.87. The molecule has 0 saturated carbocycles. The van der Waals surface area contributed by atoms with E-state index in [-0.39, 0.29) is 0 Å². The fraction of sp³-hybridized carbons (Fsp3) is 0.571. The van der Waals surface area contributed by atoms with Crippen LogP contribution in [0.2, 0.25) is 0 Å². The first-order valence-corrected chi connectivity index (χ1v) is 6.97. The van der Waals surface area contributed by atoms with E-state index in [9.17, 15) is 0 Å². The average molecular weight is 263 g/mol. The molecule has 0 amide bonds. The first-order chi connectivity index (χ1) is 9.40. The summed E-state index contributed by atoms with van der Waals surface area (Å²) < 4.78 is 11.6. The monoisotopic (exact) mass is 263 g/mol. The van der Waals surface area contributed by atoms with E-state index in [4.69, 9.17) is 15.2 Å². The van der Waals surface area contributed by atoms with Gasteiger partial charge in [0.25, 0.3) is 0 Å². The normalized spacial score (nSPS) is 18.5. The second-order valence-electron chi connectivity index (χ2n) is 4.87. The third-order valence-electron chi connectivity index (χ3n) is 3.61. The van der Waals surface area contributed by atoms with Crippen molar-refractivity contribution in [1.82, 2.24) is 5.32 Å². The Balaban J connectivity index is 2.01. The molecule has 0 atom stereocenters. The van der Waals surface area contributed by atoms with Crippen molar-refractivity contribution >= 4 is 5.69 Å². The third kappa shape index (κ3) is 2.48. The van der Waals surface area contributed by atoms with Crippen LogP contribution in [0.3, 0.4) is 0 Å². The zero-order valence-electron chi connectivity index (χ0n) is 11.2. The highest BCUT2D eigenvalue weighted by Crippen LogP contribution is 2.42. The molecular formula is C14H21N3O2. The number of piperazine rings is 1. The topological polar surface area (TPSA) is 59.8 Å². The molecule has 5 nitrogen and oxygen atoms in total. The van der Waals surface area contributed by atoms with Gasteiger partial charge in [-0.3, -0.25) is 0 Å². The maximum Gasteiger partial charge on any atom is 0.184 e. The van der Waals surface area contributed by atoms with E-state index in [1.165, 1.54) is 11.3 Å². The average Bonchev–Trinajstić information content (AvgIpc) is 2.48. The summed E-state index contributed by atoms with van der Waals surface area (Å²) in [5, 5.41) is 3.38. The van der Waals surface area contributed by atoms with Crippen LogP contribution in [-0.2, 0) is 6.42 Å². The predicted octanol–water partition coefficient (Wildman–Crippen LogP) is 0.369. The molecule has 0 bridgehead atoms. The lowest BCUT2D eigenvalue weighted by Crippen LogP contribution is -2.44. The van der Waals surface area contributed by atoms with Gasteiger partial charge in [-0.15, -0.1) is 0 Å². The zero-order chi connectivity index (χ0) is 13.1. The number of nitrogens with one attached hydrogen (secondary N) is 1. The second kappa shape index (κ2) is 5.67. The van der Waals surface area contributed by atoms with Crippen LogP contribution >= 0.6 is 0 Å². The van der Waals surface area contributed by atoms with Gasteiger partial charge in [0, 0.05) is 26.2 Å². The number of benzene rings is 1. The van der Waals surface area contributed by atoms with Crippen molar-refractivity contribution in [2.24, 2.45) is 5.73 Å². The van der Waals surface area contributed by atoms with E-state index in [0.29, 0.717) is 19.8 Å². The Kier molecular flexibility index (Phi) is 3.75. The van der Waals surface area contributed by atoms with E-state index in [0.717, 1.165) is 44.1 Å². The molecule has 0 aromatic heterocycles. The molecule has 0 aliphatic carbocycles. The first kappa shape index (κ1) is 12.6. The first-order valence-electron chi connectivity index (χ1n) is 6.97. The summed E-state index contributed by atoms with van der Waals surface area (Å²) in [4.78, 5) is 2.38. The van der Waals surface area contributed by atoms with Gasteiger partial charge in [-0.05, 0) is 24.6 Å². The van der Waals surface area contributed by atoms with Crippen LogP contribution in [0, 0.1) is 0 Å². The lowest BCUT2D eigenvalue weighted by Gasteiger charge is -2.34. The molecule has 0 unspecified atom stereocenters. The van der Waals surface area contributed by atoms with Crippen LogP contribution in [0.15, 0.2) is 12.1 Å². The van der Waals surface area contributed by atoms with Crippen molar-refractivity contribution in [1.29, 1.82) is 0 Å². The fourth-order valence-corrected chi connectivity index (χ4v) is 2.73. The van der Waals surface area contributed by atoms with Gasteiger partial charge in [-0.1, -0.05) is 6.07 Å². The van der Waals surface area contributed by atoms with Crippen molar-refractivity contribution < 1.29 is 9.47 Å². The van der Waals surface area contributed by atoms with Gasteiger partial charge in [0.1, 0.15) is 13.2 Å². The zero-order valence-corrected chi connectivity index (χ0v) is 11.2. The fourth-order valence-electron chi connectivity index (χ4n) is 2.73. The van der Waals surface area contributed by atoms with Crippen LogP contribution in [0.1, 0.15) is 5.56 Å². The van der Waals surface area contributed by atoms with E-state index in [2.05, 4.69) is 16.3 Å². The molecule has 5 heteroatoms. The summed E-state index contributed by atoms with van der Waals surface area (Å²) in [7, 11) is 0. The number of nitrogens with zero attached hydrogens (tertiary/aromatic N) is 1. The smallest absolute Gasteiger partial charge is 0.184 e. The number of ether oxygens (including phenoxy) is 2. The number of anilines is 1. The molecule has 2 aliphatic heterocycles. The Bertz CT molecular complexity index is 445. The van der Waals surface area contributed by atoms with Crippen molar-refractivity contribution in [2.75, 3.05) is 50.8 Å². The molecule has 1 saturated heterocycles. The standard InChI is InChI=1S/C14H21N3O2/c15-4-3-11-1-2-12-14(19-10-9-18-12)13(11)17-7-5-16-6-8-17/h1-2,16H,3-10,15H2. The number of hydrogen-bond donors (Lipinski definition) is 2. The molecule has 3 rings (SSSR count). The van der Waals surface area contributed by atoms with Crippen LogP contribution in [0.4, 0.5) is 5.69 Å². The van der Waals surface area contributed by atoms with Gasteiger partial charge in [-0.25, -0.2) is 0 Å². The van der Waals surface area contributed by atoms with Crippen molar-refractivity contribution in [3.63, 3.8) is 0 Å². The molecule has 0 radical (unpaired) electrons. The highest BCUT2D eigenvalue weighted by atomic mass is 16.6. The number of fused-ring (bicyclic) bond motifs is 1. The Hall–Kier alpha value is -1.46. The van der Waals surface area contributed by atoms with E-state index < -0.39 is 0 Å². The minimum absolute atomic E-state index is 0.623.